The van der Waals surface area contributed by atoms with E-state index >= 15 is 0 Å². The van der Waals surface area contributed by atoms with Crippen LogP contribution in [0.1, 0.15) is 105 Å². The molecular formula is C41H47N5NiO5. The van der Waals surface area contributed by atoms with E-state index in [1.54, 1.807) is 0 Å². The molecule has 0 radical (unpaired) electrons. The fourth-order valence-electron chi connectivity index (χ4n) is 8.06. The normalized spacial score (nSPS) is 21.3. The topological polar surface area (TPSA) is 144 Å². The quantitative estimate of drug-likeness (QED) is 0.143. The van der Waals surface area contributed by atoms with Gasteiger partial charge in [0.05, 0.1) is 57.6 Å². The summed E-state index contributed by atoms with van der Waals surface area (Å²) in [7, 11) is 1.35. The van der Waals surface area contributed by atoms with E-state index in [1.807, 2.05) is 32.9 Å². The number of aliphatic imine (C=N–C) groups is 3. The average Bonchev–Trinajstić information content (AvgIpc) is 3.80. The van der Waals surface area contributed by atoms with Crippen LogP contribution >= 0.6 is 0 Å². The summed E-state index contributed by atoms with van der Waals surface area (Å²) in [5, 5.41) is 27.9. The number of carbonyl (C=O) groups is 1. The monoisotopic (exact) mass is 747 g/mol. The summed E-state index contributed by atoms with van der Waals surface area (Å²) in [6.45, 7) is 14.4. The molecule has 6 heterocycles. The van der Waals surface area contributed by atoms with Crippen molar-refractivity contribution in [2.75, 3.05) is 7.11 Å². The van der Waals surface area contributed by atoms with Crippen LogP contribution in [0.25, 0.3) is 11.3 Å². The minimum Gasteiger partial charge on any atom is -0.877 e. The maximum atomic E-state index is 14.7. The first-order valence-corrected chi connectivity index (χ1v) is 18.3. The van der Waals surface area contributed by atoms with Crippen LogP contribution in [-0.2, 0) is 32.6 Å². The van der Waals surface area contributed by atoms with E-state index in [0.717, 1.165) is 71.3 Å². The Morgan fingerprint density at radius 2 is 1.63 bits per heavy atom. The second-order valence-corrected chi connectivity index (χ2v) is 13.9. The maximum absolute atomic E-state index is 14.7. The largest absolute Gasteiger partial charge is 2.00 e. The molecule has 0 unspecified atom stereocenters. The standard InChI is InChI=1S/C41H49N5O5.Ni/c1-9-12-13-14-17-46-40(49)34-24(7)30-19-31-25(10-2)21(4)29(42-31)18-32-26(11-3)22(5)36(44-32)28(20-47)37-23(6)27(15-16-33(48)51-8)38(45-37)35(41(46)50)39(34)43-30;/h18-20,23,27,47,49H,9-17H2,1-8H3;/q;+2/p-2/b28-20+,31-19?,32-18?,38-35?;/t23-,27-;/m0./s1. The summed E-state index contributed by atoms with van der Waals surface area (Å²) < 4.78 is 6.34. The number of esters is 1. The average molecular weight is 749 g/mol. The van der Waals surface area contributed by atoms with Crippen LogP contribution in [0.2, 0.25) is 0 Å². The number of fused-ring (bicyclic) bond motifs is 4. The summed E-state index contributed by atoms with van der Waals surface area (Å²) in [6.07, 6.45) is 10.1. The third-order valence-corrected chi connectivity index (χ3v) is 11.0. The van der Waals surface area contributed by atoms with Gasteiger partial charge in [-0.1, -0.05) is 47.0 Å². The second kappa shape index (κ2) is 15.7. The minimum absolute atomic E-state index is 0. The summed E-state index contributed by atoms with van der Waals surface area (Å²) in [4.78, 5) is 47.4. The number of ether oxygens (including phenoxy) is 1. The Bertz CT molecular complexity index is 2210. The number of rotatable bonds is 10. The third kappa shape index (κ3) is 6.46. The van der Waals surface area contributed by atoms with E-state index in [9.17, 15) is 19.8 Å². The summed E-state index contributed by atoms with van der Waals surface area (Å²) in [5.41, 5.74) is 9.28. The van der Waals surface area contributed by atoms with Crippen molar-refractivity contribution in [3.63, 3.8) is 0 Å². The van der Waals surface area contributed by atoms with Crippen LogP contribution < -0.4 is 26.3 Å². The molecule has 10 nitrogen and oxygen atoms in total. The van der Waals surface area contributed by atoms with Gasteiger partial charge in [0, 0.05) is 35.9 Å². The van der Waals surface area contributed by atoms with Gasteiger partial charge < -0.3 is 19.5 Å². The van der Waals surface area contributed by atoms with Crippen molar-refractivity contribution in [2.45, 2.75) is 106 Å². The maximum Gasteiger partial charge on any atom is 2.00 e. The van der Waals surface area contributed by atoms with Crippen LogP contribution in [0.4, 0.5) is 0 Å². The zero-order valence-corrected chi connectivity index (χ0v) is 32.3. The first kappa shape index (κ1) is 38.9. The number of methoxy groups -OCH3 is 1. The molecule has 52 heavy (non-hydrogen) atoms. The molecule has 0 amide bonds. The van der Waals surface area contributed by atoms with Crippen LogP contribution in [0.15, 0.2) is 88.1 Å². The molecule has 0 saturated carbocycles. The smallest absolute Gasteiger partial charge is 0.877 e. The van der Waals surface area contributed by atoms with Crippen LogP contribution in [0, 0.1) is 11.8 Å². The molecule has 0 fully saturated rings. The molecule has 1 aromatic rings. The number of hydrogen-bond acceptors (Lipinski definition) is 9. The van der Waals surface area contributed by atoms with Gasteiger partial charge in [0.2, 0.25) is 0 Å². The Morgan fingerprint density at radius 1 is 0.942 bits per heavy atom. The van der Waals surface area contributed by atoms with Crippen LogP contribution in [0.5, 0.6) is 5.88 Å². The van der Waals surface area contributed by atoms with Gasteiger partial charge in [-0.25, -0.2) is 15.0 Å². The molecule has 276 valence electrons. The summed E-state index contributed by atoms with van der Waals surface area (Å²) in [5.74, 6) is -1.54. The van der Waals surface area contributed by atoms with Gasteiger partial charge in [-0.05, 0) is 92.4 Å². The van der Waals surface area contributed by atoms with Crippen LogP contribution in [0.3, 0.4) is 0 Å². The molecule has 8 bridgehead atoms. The number of pyridine rings is 1. The zero-order valence-electron chi connectivity index (χ0n) is 31.3. The van der Waals surface area contributed by atoms with Crippen molar-refractivity contribution in [3.8, 4) is 5.88 Å². The molecule has 2 atom stereocenters. The van der Waals surface area contributed by atoms with E-state index < -0.39 is 11.5 Å². The Balaban J connectivity index is 0.00000523. The number of hydrogen-bond donors (Lipinski definition) is 0. The van der Waals surface area contributed by atoms with E-state index in [4.69, 9.17) is 24.7 Å². The minimum atomic E-state index is -0.455. The van der Waals surface area contributed by atoms with Crippen molar-refractivity contribution in [3.05, 3.63) is 89.9 Å². The van der Waals surface area contributed by atoms with Crippen LogP contribution in [-0.4, -0.2) is 34.8 Å². The first-order valence-electron chi connectivity index (χ1n) is 18.3. The second-order valence-electron chi connectivity index (χ2n) is 13.9. The fraction of sp³-hybridized carbons (Fsp3) is 0.463. The van der Waals surface area contributed by atoms with E-state index in [1.165, 1.54) is 11.7 Å². The van der Waals surface area contributed by atoms with Gasteiger partial charge in [0.25, 0.3) is 5.56 Å². The van der Waals surface area contributed by atoms with E-state index in [-0.39, 0.29) is 52.4 Å². The molecule has 1 aromatic heterocycles. The van der Waals surface area contributed by atoms with Gasteiger partial charge in [-0.15, -0.1) is 6.26 Å². The van der Waals surface area contributed by atoms with Crippen molar-refractivity contribution in [1.82, 2.24) is 4.57 Å². The summed E-state index contributed by atoms with van der Waals surface area (Å²) in [6, 6.07) is 0. The fourth-order valence-corrected chi connectivity index (χ4v) is 8.06. The number of nitrogens with zero attached hydrogens (tertiary/aromatic N) is 5. The van der Waals surface area contributed by atoms with Gasteiger partial charge in [0.15, 0.2) is 0 Å². The van der Waals surface area contributed by atoms with Crippen molar-refractivity contribution < 1.29 is 36.2 Å². The van der Waals surface area contributed by atoms with E-state index in [2.05, 4.69) is 27.7 Å². The Hall–Kier alpha value is -4.37. The number of aromatic nitrogens is 1. The number of carbonyl (C=O) groups excluding carboxylic acids is 1. The van der Waals surface area contributed by atoms with E-state index in [0.29, 0.717) is 64.1 Å². The Labute approximate surface area is 315 Å². The van der Waals surface area contributed by atoms with Crippen molar-refractivity contribution in [2.24, 2.45) is 31.8 Å². The Kier molecular flexibility index (Phi) is 11.7. The molecule has 0 N–H and O–H groups in total. The molecule has 0 aromatic carbocycles. The molecule has 5 aliphatic heterocycles. The third-order valence-electron chi connectivity index (χ3n) is 11.0. The van der Waals surface area contributed by atoms with Crippen molar-refractivity contribution >= 4 is 34.4 Å². The predicted molar refractivity (Wildman–Crippen MR) is 198 cm³/mol. The summed E-state index contributed by atoms with van der Waals surface area (Å²) >= 11 is 0. The first-order chi connectivity index (χ1) is 24.5. The zero-order chi connectivity index (χ0) is 36.7. The number of unbranched alkanes of at least 4 members (excludes halogenated alkanes) is 3. The molecule has 5 aliphatic rings. The molecule has 0 aliphatic carbocycles. The predicted octanol–water partition coefficient (Wildman–Crippen LogP) is 5.02. The van der Waals surface area contributed by atoms with Gasteiger partial charge >= 0.3 is 22.5 Å². The molecule has 0 saturated heterocycles. The Morgan fingerprint density at radius 3 is 2.29 bits per heavy atom. The molecule has 11 heteroatoms. The van der Waals surface area contributed by atoms with Gasteiger partial charge in [-0.2, -0.15) is 0 Å². The van der Waals surface area contributed by atoms with Gasteiger partial charge in [-0.3, -0.25) is 14.6 Å². The molecular weight excluding hydrogens is 701 g/mol. The van der Waals surface area contributed by atoms with Gasteiger partial charge in [0.1, 0.15) is 0 Å². The molecule has 6 rings (SSSR count). The molecule has 0 spiro atoms. The number of allylic oxidation sites excluding steroid dienone is 8. The van der Waals surface area contributed by atoms with Crippen molar-refractivity contribution in [1.29, 1.82) is 0 Å². The SMILES string of the molecule is CCCCCCn1c([O-])c2c3c(c1=O)=C1N=C(/C(=C/[O-])C4=NC(=CC5=NC(=CC(=C2C)N=3)C(CC)=C5C)C(CC)=C4C)[C@@H](C)[C@@H]1CCC(=O)OC.[Ni+2].